The van der Waals surface area contributed by atoms with E-state index in [-0.39, 0.29) is 31.1 Å². The van der Waals surface area contributed by atoms with Crippen LogP contribution in [-0.4, -0.2) is 37.2 Å². The van der Waals surface area contributed by atoms with Crippen LogP contribution < -0.4 is 0 Å². The molecule has 6 nitrogen and oxygen atoms in total. The molecule has 0 unspecified atom stereocenters. The van der Waals surface area contributed by atoms with Crippen molar-refractivity contribution in [2.24, 2.45) is 0 Å². The maximum atomic E-state index is 12.8. The Kier molecular flexibility index (Phi) is 50.2. The highest BCUT2D eigenvalue weighted by molar-refractivity contribution is 5.71. The fraction of sp³-hybridized carbons (Fsp3) is 0.911. The van der Waals surface area contributed by atoms with E-state index >= 15 is 0 Å². The minimum absolute atomic E-state index is 0.0656. The van der Waals surface area contributed by atoms with Gasteiger partial charge in [-0.1, -0.05) is 258 Å². The molecule has 62 heavy (non-hydrogen) atoms. The molecule has 0 bridgehead atoms. The van der Waals surface area contributed by atoms with Crippen molar-refractivity contribution in [3.63, 3.8) is 0 Å². The van der Waals surface area contributed by atoms with Crippen molar-refractivity contribution >= 4 is 17.9 Å². The lowest BCUT2D eigenvalue weighted by Crippen LogP contribution is -2.30. The molecular formula is C56H106O6. The SMILES string of the molecule is CCCCCCCC/C=C\CCCCCCCCCC(=O)OC[C@H](COC(=O)CCCCCCCCCCCCCC)OC(=O)CCCCCCCCCCCCCCCCC. The number of allylic oxidation sites excluding steroid dienone is 2. The van der Waals surface area contributed by atoms with Crippen LogP contribution in [0.3, 0.4) is 0 Å². The van der Waals surface area contributed by atoms with Crippen LogP contribution in [0.5, 0.6) is 0 Å². The van der Waals surface area contributed by atoms with Gasteiger partial charge in [-0.25, -0.2) is 0 Å². The first kappa shape index (κ1) is 60.2. The molecule has 1 atom stereocenters. The van der Waals surface area contributed by atoms with E-state index in [1.807, 2.05) is 0 Å². The third-order valence-electron chi connectivity index (χ3n) is 12.5. The van der Waals surface area contributed by atoms with Gasteiger partial charge < -0.3 is 14.2 Å². The van der Waals surface area contributed by atoms with Crippen molar-refractivity contribution in [2.45, 2.75) is 316 Å². The highest BCUT2D eigenvalue weighted by Gasteiger charge is 2.19. The Morgan fingerprint density at radius 3 is 0.806 bits per heavy atom. The quantitative estimate of drug-likeness (QED) is 0.0262. The Balaban J connectivity index is 4.31. The number of rotatable bonds is 51. The van der Waals surface area contributed by atoms with E-state index < -0.39 is 6.10 Å². The summed E-state index contributed by atoms with van der Waals surface area (Å²) in [4.78, 5) is 38.0. The van der Waals surface area contributed by atoms with Crippen LogP contribution in [0.15, 0.2) is 12.2 Å². The molecule has 0 spiro atoms. The first-order valence-electron chi connectivity index (χ1n) is 27.7. The molecule has 0 aliphatic heterocycles. The van der Waals surface area contributed by atoms with Gasteiger partial charge in [-0.05, 0) is 44.9 Å². The summed E-state index contributed by atoms with van der Waals surface area (Å²) in [5.74, 6) is -0.849. The standard InChI is InChI=1S/C56H106O6/c1-4-7-10-13-16-19-22-25-27-28-30-31-34-37-40-43-46-49-55(58)61-52-53(51-60-54(57)48-45-42-39-36-33-24-21-18-15-12-9-6-3)62-56(59)50-47-44-41-38-35-32-29-26-23-20-17-14-11-8-5-2/h25,27,53H,4-24,26,28-52H2,1-3H3/b27-25-/t53-/m0/s1. The van der Waals surface area contributed by atoms with Gasteiger partial charge >= 0.3 is 17.9 Å². The summed E-state index contributed by atoms with van der Waals surface area (Å²) in [6.07, 6.45) is 57.6. The topological polar surface area (TPSA) is 78.9 Å². The Bertz CT molecular complexity index is 962. The van der Waals surface area contributed by atoms with Gasteiger partial charge in [0.2, 0.25) is 0 Å². The van der Waals surface area contributed by atoms with Gasteiger partial charge in [0.05, 0.1) is 0 Å². The fourth-order valence-corrected chi connectivity index (χ4v) is 8.32. The van der Waals surface area contributed by atoms with Gasteiger partial charge in [-0.2, -0.15) is 0 Å². The van der Waals surface area contributed by atoms with Gasteiger partial charge in [-0.15, -0.1) is 0 Å². The van der Waals surface area contributed by atoms with Crippen molar-refractivity contribution < 1.29 is 28.6 Å². The van der Waals surface area contributed by atoms with Crippen LogP contribution in [0.4, 0.5) is 0 Å². The minimum Gasteiger partial charge on any atom is -0.462 e. The molecule has 366 valence electrons. The molecule has 0 amide bonds. The molecule has 0 aromatic carbocycles. The number of ether oxygens (including phenoxy) is 3. The summed E-state index contributed by atoms with van der Waals surface area (Å²) in [7, 11) is 0. The molecule has 0 heterocycles. The second-order valence-electron chi connectivity index (χ2n) is 18.9. The Labute approximate surface area is 386 Å². The molecule has 0 aliphatic carbocycles. The van der Waals surface area contributed by atoms with Crippen molar-refractivity contribution in [1.29, 1.82) is 0 Å². The molecular weight excluding hydrogens is 769 g/mol. The van der Waals surface area contributed by atoms with Crippen molar-refractivity contribution in [3.8, 4) is 0 Å². The third kappa shape index (κ3) is 49.2. The molecule has 0 saturated heterocycles. The van der Waals surface area contributed by atoms with Crippen LogP contribution in [0.25, 0.3) is 0 Å². The predicted molar refractivity (Wildman–Crippen MR) is 266 cm³/mol. The Hall–Kier alpha value is -1.85. The predicted octanol–water partition coefficient (Wildman–Crippen LogP) is 18.2. The number of esters is 3. The number of carbonyl (C=O) groups excluding carboxylic acids is 3. The van der Waals surface area contributed by atoms with E-state index in [2.05, 4.69) is 32.9 Å². The van der Waals surface area contributed by atoms with Gasteiger partial charge in [-0.3, -0.25) is 14.4 Å². The molecule has 0 N–H and O–H groups in total. The molecule has 0 radical (unpaired) electrons. The lowest BCUT2D eigenvalue weighted by Gasteiger charge is -2.18. The molecule has 0 aliphatic rings. The smallest absolute Gasteiger partial charge is 0.306 e. The van der Waals surface area contributed by atoms with Crippen LogP contribution in [0.2, 0.25) is 0 Å². The van der Waals surface area contributed by atoms with E-state index in [0.717, 1.165) is 57.8 Å². The fourth-order valence-electron chi connectivity index (χ4n) is 8.32. The summed E-state index contributed by atoms with van der Waals surface area (Å²) < 4.78 is 16.8. The van der Waals surface area contributed by atoms with Crippen molar-refractivity contribution in [3.05, 3.63) is 12.2 Å². The van der Waals surface area contributed by atoms with Crippen LogP contribution in [0.1, 0.15) is 310 Å². The summed E-state index contributed by atoms with van der Waals surface area (Å²) >= 11 is 0. The number of unbranched alkanes of at least 4 members (excludes halogenated alkanes) is 38. The van der Waals surface area contributed by atoms with E-state index in [9.17, 15) is 14.4 Å². The lowest BCUT2D eigenvalue weighted by atomic mass is 10.0. The summed E-state index contributed by atoms with van der Waals surface area (Å²) in [6.45, 7) is 6.67. The van der Waals surface area contributed by atoms with Crippen LogP contribution in [-0.2, 0) is 28.6 Å². The summed E-state index contributed by atoms with van der Waals surface area (Å²) in [6, 6.07) is 0. The summed E-state index contributed by atoms with van der Waals surface area (Å²) in [5, 5.41) is 0. The Morgan fingerprint density at radius 2 is 0.532 bits per heavy atom. The van der Waals surface area contributed by atoms with Crippen molar-refractivity contribution in [1.82, 2.24) is 0 Å². The average Bonchev–Trinajstić information content (AvgIpc) is 3.27. The molecule has 0 aromatic heterocycles. The minimum atomic E-state index is -0.765. The second kappa shape index (κ2) is 51.8. The second-order valence-corrected chi connectivity index (χ2v) is 18.9. The number of carbonyl (C=O) groups is 3. The van der Waals surface area contributed by atoms with Gasteiger partial charge in [0, 0.05) is 19.3 Å². The van der Waals surface area contributed by atoms with Gasteiger partial charge in [0.1, 0.15) is 13.2 Å². The maximum absolute atomic E-state index is 12.8. The zero-order chi connectivity index (χ0) is 45.1. The molecule has 0 aromatic rings. The van der Waals surface area contributed by atoms with Crippen molar-refractivity contribution in [2.75, 3.05) is 13.2 Å². The monoisotopic (exact) mass is 875 g/mol. The molecule has 0 saturated carbocycles. The average molecular weight is 875 g/mol. The van der Waals surface area contributed by atoms with Crippen LogP contribution in [0, 0.1) is 0 Å². The Morgan fingerprint density at radius 1 is 0.306 bits per heavy atom. The maximum Gasteiger partial charge on any atom is 0.306 e. The lowest BCUT2D eigenvalue weighted by molar-refractivity contribution is -0.167. The van der Waals surface area contributed by atoms with E-state index in [4.69, 9.17) is 14.2 Å². The first-order chi connectivity index (χ1) is 30.5. The third-order valence-corrected chi connectivity index (χ3v) is 12.5. The van der Waals surface area contributed by atoms with E-state index in [0.29, 0.717) is 19.3 Å². The molecule has 0 fully saturated rings. The zero-order valence-electron chi connectivity index (χ0n) is 41.9. The number of hydrogen-bond acceptors (Lipinski definition) is 6. The number of hydrogen-bond donors (Lipinski definition) is 0. The highest BCUT2D eigenvalue weighted by atomic mass is 16.6. The van der Waals surface area contributed by atoms with E-state index in [1.165, 1.54) is 212 Å². The molecule has 0 rings (SSSR count). The van der Waals surface area contributed by atoms with Gasteiger partial charge in [0.25, 0.3) is 0 Å². The van der Waals surface area contributed by atoms with Gasteiger partial charge in [0.15, 0.2) is 6.10 Å². The zero-order valence-corrected chi connectivity index (χ0v) is 41.9. The summed E-state index contributed by atoms with van der Waals surface area (Å²) in [5.41, 5.74) is 0. The van der Waals surface area contributed by atoms with E-state index in [1.54, 1.807) is 0 Å². The highest BCUT2D eigenvalue weighted by Crippen LogP contribution is 2.17. The van der Waals surface area contributed by atoms with Crippen LogP contribution >= 0.6 is 0 Å². The largest absolute Gasteiger partial charge is 0.462 e. The first-order valence-corrected chi connectivity index (χ1v) is 27.7. The molecule has 6 heteroatoms. The normalized spacial score (nSPS) is 12.0.